The average molecular weight is 344 g/mol. The highest BCUT2D eigenvalue weighted by Crippen LogP contribution is 2.22. The van der Waals surface area contributed by atoms with Crippen LogP contribution in [0, 0.1) is 6.92 Å². The molecule has 0 aliphatic heterocycles. The van der Waals surface area contributed by atoms with Crippen molar-refractivity contribution in [2.45, 2.75) is 13.0 Å². The Morgan fingerprint density at radius 1 is 1.21 bits per heavy atom. The van der Waals surface area contributed by atoms with Crippen LogP contribution in [0.15, 0.2) is 48.8 Å². The lowest BCUT2D eigenvalue weighted by atomic mass is 10.2. The molecule has 0 fully saturated rings. The number of nitrogens with one attached hydrogen (secondary N) is 1. The predicted octanol–water partition coefficient (Wildman–Crippen LogP) is 3.44. The summed E-state index contributed by atoms with van der Waals surface area (Å²) in [5.41, 5.74) is 1.87. The molecule has 0 bridgehead atoms. The zero-order valence-electron chi connectivity index (χ0n) is 13.2. The molecule has 0 spiro atoms. The van der Waals surface area contributed by atoms with E-state index in [-0.39, 0.29) is 6.61 Å². The molecular formula is C18H18ClN3O2. The Bertz CT molecular complexity index is 841. The van der Waals surface area contributed by atoms with Gasteiger partial charge < -0.3 is 15.2 Å². The number of fused-ring (bicyclic) bond motifs is 1. The van der Waals surface area contributed by atoms with Gasteiger partial charge in [-0.05, 0) is 42.8 Å². The van der Waals surface area contributed by atoms with Crippen molar-refractivity contribution in [3.8, 4) is 5.75 Å². The van der Waals surface area contributed by atoms with E-state index in [4.69, 9.17) is 16.3 Å². The van der Waals surface area contributed by atoms with Gasteiger partial charge in [-0.15, -0.1) is 0 Å². The molecule has 1 heterocycles. The maximum absolute atomic E-state index is 10.1. The van der Waals surface area contributed by atoms with Gasteiger partial charge in [0.05, 0.1) is 5.52 Å². The van der Waals surface area contributed by atoms with E-state index in [9.17, 15) is 5.11 Å². The van der Waals surface area contributed by atoms with Gasteiger partial charge in [0.2, 0.25) is 0 Å². The summed E-state index contributed by atoms with van der Waals surface area (Å²) in [6.07, 6.45) is 0.805. The van der Waals surface area contributed by atoms with Crippen molar-refractivity contribution >= 4 is 28.3 Å². The van der Waals surface area contributed by atoms with Crippen LogP contribution in [-0.2, 0) is 0 Å². The molecule has 0 amide bonds. The van der Waals surface area contributed by atoms with Gasteiger partial charge in [0, 0.05) is 17.0 Å². The lowest BCUT2D eigenvalue weighted by molar-refractivity contribution is 0.117. The number of rotatable bonds is 6. The zero-order chi connectivity index (χ0) is 16.9. The molecule has 0 radical (unpaired) electrons. The molecule has 3 rings (SSSR count). The topological polar surface area (TPSA) is 67.3 Å². The Morgan fingerprint density at radius 2 is 2.08 bits per heavy atom. The van der Waals surface area contributed by atoms with Gasteiger partial charge in [-0.3, -0.25) is 0 Å². The summed E-state index contributed by atoms with van der Waals surface area (Å²) in [4.78, 5) is 8.41. The Labute approximate surface area is 145 Å². The number of benzene rings is 2. The van der Waals surface area contributed by atoms with Crippen LogP contribution in [-0.4, -0.2) is 34.3 Å². The monoisotopic (exact) mass is 343 g/mol. The molecule has 0 saturated heterocycles. The van der Waals surface area contributed by atoms with Crippen molar-refractivity contribution in [1.29, 1.82) is 0 Å². The van der Waals surface area contributed by atoms with Crippen LogP contribution >= 0.6 is 11.6 Å². The first-order chi connectivity index (χ1) is 11.6. The number of nitrogens with zero attached hydrogens (tertiary/aromatic N) is 2. The summed E-state index contributed by atoms with van der Waals surface area (Å²) in [6.45, 7) is 2.52. The smallest absolute Gasteiger partial charge is 0.137 e. The second kappa shape index (κ2) is 7.47. The molecule has 1 aromatic heterocycles. The lowest BCUT2D eigenvalue weighted by Crippen LogP contribution is -2.26. The number of hydrogen-bond donors (Lipinski definition) is 2. The number of aliphatic hydroxyl groups excluding tert-OH is 1. The average Bonchev–Trinajstić information content (AvgIpc) is 2.58. The van der Waals surface area contributed by atoms with Gasteiger partial charge >= 0.3 is 0 Å². The molecule has 1 atom stereocenters. The standard InChI is InChI=1S/C18H18ClN3O2/c1-12-3-2-4-15(7-12)24-10-14(23)9-20-18-16-6-5-13(19)8-17(16)21-11-22-18/h2-8,11,14,23H,9-10H2,1H3,(H,20,21,22). The van der Waals surface area contributed by atoms with Crippen molar-refractivity contribution < 1.29 is 9.84 Å². The summed E-state index contributed by atoms with van der Waals surface area (Å²) in [5.74, 6) is 1.41. The molecule has 5 nitrogen and oxygen atoms in total. The number of hydrogen-bond acceptors (Lipinski definition) is 5. The van der Waals surface area contributed by atoms with Crippen LogP contribution in [0.1, 0.15) is 5.56 Å². The Kier molecular flexibility index (Phi) is 5.13. The third-order valence-corrected chi connectivity index (χ3v) is 3.77. The summed E-state index contributed by atoms with van der Waals surface area (Å²) in [5, 5.41) is 14.7. The van der Waals surface area contributed by atoms with E-state index in [0.717, 1.165) is 22.2 Å². The van der Waals surface area contributed by atoms with Crippen LogP contribution in [0.3, 0.4) is 0 Å². The summed E-state index contributed by atoms with van der Waals surface area (Å²) in [6, 6.07) is 13.1. The number of aryl methyl sites for hydroxylation is 1. The Morgan fingerprint density at radius 3 is 2.92 bits per heavy atom. The second-order valence-corrected chi connectivity index (χ2v) is 5.98. The maximum atomic E-state index is 10.1. The highest BCUT2D eigenvalue weighted by molar-refractivity contribution is 6.31. The van der Waals surface area contributed by atoms with Crippen LogP contribution in [0.2, 0.25) is 5.02 Å². The summed E-state index contributed by atoms with van der Waals surface area (Å²) in [7, 11) is 0. The molecule has 2 aromatic carbocycles. The number of anilines is 1. The quantitative estimate of drug-likeness (QED) is 0.717. The lowest BCUT2D eigenvalue weighted by Gasteiger charge is -2.14. The van der Waals surface area contributed by atoms with E-state index < -0.39 is 6.10 Å². The molecule has 2 N–H and O–H groups in total. The Hall–Kier alpha value is -2.37. The van der Waals surface area contributed by atoms with Gasteiger partial charge in [-0.1, -0.05) is 23.7 Å². The van der Waals surface area contributed by atoms with E-state index in [1.807, 2.05) is 37.3 Å². The first kappa shape index (κ1) is 16.5. The zero-order valence-corrected chi connectivity index (χ0v) is 14.0. The number of aliphatic hydroxyl groups is 1. The minimum absolute atomic E-state index is 0.200. The van der Waals surface area contributed by atoms with E-state index >= 15 is 0 Å². The van der Waals surface area contributed by atoms with E-state index in [2.05, 4.69) is 15.3 Å². The molecule has 1 unspecified atom stereocenters. The number of aromatic nitrogens is 2. The van der Waals surface area contributed by atoms with Crippen molar-refractivity contribution in [3.63, 3.8) is 0 Å². The van der Waals surface area contributed by atoms with E-state index in [0.29, 0.717) is 17.4 Å². The first-order valence-electron chi connectivity index (χ1n) is 7.63. The fourth-order valence-corrected chi connectivity index (χ4v) is 2.51. The van der Waals surface area contributed by atoms with Gasteiger partial charge in [-0.25, -0.2) is 9.97 Å². The fraction of sp³-hybridized carbons (Fsp3) is 0.222. The van der Waals surface area contributed by atoms with Crippen molar-refractivity contribution in [3.05, 3.63) is 59.4 Å². The molecule has 24 heavy (non-hydrogen) atoms. The van der Waals surface area contributed by atoms with Gasteiger partial charge in [0.15, 0.2) is 0 Å². The van der Waals surface area contributed by atoms with Crippen LogP contribution in [0.25, 0.3) is 10.9 Å². The summed E-state index contributed by atoms with van der Waals surface area (Å²) >= 11 is 5.97. The molecule has 6 heteroatoms. The molecule has 0 aliphatic carbocycles. The third kappa shape index (κ3) is 4.13. The normalized spacial score (nSPS) is 12.1. The third-order valence-electron chi connectivity index (χ3n) is 3.54. The minimum atomic E-state index is -0.664. The van der Waals surface area contributed by atoms with Crippen molar-refractivity contribution in [2.75, 3.05) is 18.5 Å². The fourth-order valence-electron chi connectivity index (χ4n) is 2.34. The van der Waals surface area contributed by atoms with Crippen LogP contribution < -0.4 is 10.1 Å². The highest BCUT2D eigenvalue weighted by atomic mass is 35.5. The highest BCUT2D eigenvalue weighted by Gasteiger charge is 2.09. The predicted molar refractivity (Wildman–Crippen MR) is 95.7 cm³/mol. The Balaban J connectivity index is 1.59. The summed E-state index contributed by atoms with van der Waals surface area (Å²) < 4.78 is 5.60. The molecular weight excluding hydrogens is 326 g/mol. The molecule has 0 saturated carbocycles. The molecule has 3 aromatic rings. The van der Waals surface area contributed by atoms with E-state index in [1.54, 1.807) is 12.1 Å². The largest absolute Gasteiger partial charge is 0.491 e. The van der Waals surface area contributed by atoms with E-state index in [1.165, 1.54) is 6.33 Å². The number of ether oxygens (including phenoxy) is 1. The van der Waals surface area contributed by atoms with Gasteiger partial charge in [0.1, 0.15) is 30.6 Å². The van der Waals surface area contributed by atoms with Gasteiger partial charge in [0.25, 0.3) is 0 Å². The van der Waals surface area contributed by atoms with Crippen molar-refractivity contribution in [1.82, 2.24) is 9.97 Å². The molecule has 124 valence electrons. The molecule has 0 aliphatic rings. The SMILES string of the molecule is Cc1cccc(OCC(O)CNc2ncnc3cc(Cl)ccc23)c1. The first-order valence-corrected chi connectivity index (χ1v) is 8.01. The van der Waals surface area contributed by atoms with Crippen LogP contribution in [0.5, 0.6) is 5.75 Å². The second-order valence-electron chi connectivity index (χ2n) is 5.55. The van der Waals surface area contributed by atoms with Gasteiger partial charge in [-0.2, -0.15) is 0 Å². The minimum Gasteiger partial charge on any atom is -0.491 e. The maximum Gasteiger partial charge on any atom is 0.137 e. The number of halogens is 1. The van der Waals surface area contributed by atoms with Crippen molar-refractivity contribution in [2.24, 2.45) is 0 Å². The van der Waals surface area contributed by atoms with Crippen LogP contribution in [0.4, 0.5) is 5.82 Å².